The Bertz CT molecular complexity index is 868. The number of hydrogen-bond acceptors (Lipinski definition) is 6. The molecule has 0 saturated heterocycles. The van der Waals surface area contributed by atoms with Crippen LogP contribution < -0.4 is 10.1 Å². The maximum atomic E-state index is 13.1. The first-order chi connectivity index (χ1) is 12.3. The van der Waals surface area contributed by atoms with Gasteiger partial charge in [0.1, 0.15) is 5.82 Å². The first-order valence-electron chi connectivity index (χ1n) is 7.37. The number of halogens is 1. The Hall–Kier alpha value is -3.49. The molecule has 0 aliphatic rings. The lowest BCUT2D eigenvalue weighted by Gasteiger charge is -2.11. The largest absolute Gasteiger partial charge is 0.490 e. The standard InChI is InChI=1S/C17H15FN2O6/c1-10-6-14(20(23)24)15(25-2)8-13(10)19-16(21)9-26-17(22)11-4-3-5-12(18)7-11/h3-8H,9H2,1-2H3,(H,19,21). The number of ether oxygens (including phenoxy) is 2. The van der Waals surface area contributed by atoms with Crippen molar-refractivity contribution in [1.82, 2.24) is 0 Å². The number of esters is 1. The lowest BCUT2D eigenvalue weighted by Crippen LogP contribution is -2.21. The van der Waals surface area contributed by atoms with E-state index in [0.717, 1.165) is 6.07 Å². The van der Waals surface area contributed by atoms with Crippen molar-refractivity contribution in [1.29, 1.82) is 0 Å². The average molecular weight is 362 g/mol. The monoisotopic (exact) mass is 362 g/mol. The van der Waals surface area contributed by atoms with Gasteiger partial charge < -0.3 is 14.8 Å². The van der Waals surface area contributed by atoms with E-state index in [9.17, 15) is 24.1 Å². The molecule has 0 radical (unpaired) electrons. The Morgan fingerprint density at radius 3 is 2.62 bits per heavy atom. The number of methoxy groups -OCH3 is 1. The third-order valence-electron chi connectivity index (χ3n) is 3.39. The number of carbonyl (C=O) groups excluding carboxylic acids is 2. The summed E-state index contributed by atoms with van der Waals surface area (Å²) in [4.78, 5) is 34.1. The molecule has 0 aromatic heterocycles. The summed E-state index contributed by atoms with van der Waals surface area (Å²) in [7, 11) is 1.27. The van der Waals surface area contributed by atoms with Crippen molar-refractivity contribution in [3.05, 3.63) is 63.5 Å². The number of benzene rings is 2. The van der Waals surface area contributed by atoms with Gasteiger partial charge >= 0.3 is 11.7 Å². The minimum atomic E-state index is -0.849. The minimum Gasteiger partial charge on any atom is -0.490 e. The summed E-state index contributed by atoms with van der Waals surface area (Å²) in [6.45, 7) is 0.967. The molecular weight excluding hydrogens is 347 g/mol. The number of nitro benzene ring substituents is 1. The molecule has 0 aliphatic heterocycles. The first kappa shape index (κ1) is 18.8. The number of rotatable bonds is 6. The molecule has 136 valence electrons. The lowest BCUT2D eigenvalue weighted by molar-refractivity contribution is -0.385. The highest BCUT2D eigenvalue weighted by Crippen LogP contribution is 2.32. The third-order valence-corrected chi connectivity index (χ3v) is 3.39. The summed E-state index contributed by atoms with van der Waals surface area (Å²) in [6, 6.07) is 7.43. The van der Waals surface area contributed by atoms with Crippen molar-refractivity contribution in [3.8, 4) is 5.75 Å². The van der Waals surface area contributed by atoms with E-state index in [1.54, 1.807) is 6.92 Å². The highest BCUT2D eigenvalue weighted by Gasteiger charge is 2.19. The van der Waals surface area contributed by atoms with E-state index < -0.39 is 29.2 Å². The molecule has 2 aromatic rings. The number of hydrogen-bond donors (Lipinski definition) is 1. The van der Waals surface area contributed by atoms with E-state index in [0.29, 0.717) is 5.56 Å². The zero-order valence-corrected chi connectivity index (χ0v) is 13.9. The van der Waals surface area contributed by atoms with E-state index in [4.69, 9.17) is 9.47 Å². The molecule has 0 saturated carbocycles. The van der Waals surface area contributed by atoms with Crippen molar-refractivity contribution in [2.75, 3.05) is 19.0 Å². The van der Waals surface area contributed by atoms with Gasteiger partial charge in [0.05, 0.1) is 17.6 Å². The maximum Gasteiger partial charge on any atom is 0.338 e. The second kappa shape index (κ2) is 8.06. The van der Waals surface area contributed by atoms with Crippen LogP contribution in [0.3, 0.4) is 0 Å². The molecule has 2 rings (SSSR count). The molecule has 0 atom stereocenters. The number of nitro groups is 1. The zero-order valence-electron chi connectivity index (χ0n) is 13.9. The fraction of sp³-hybridized carbons (Fsp3) is 0.176. The number of nitrogens with one attached hydrogen (secondary N) is 1. The van der Waals surface area contributed by atoms with Crippen LogP contribution in [0.1, 0.15) is 15.9 Å². The fourth-order valence-corrected chi connectivity index (χ4v) is 2.13. The summed E-state index contributed by atoms with van der Waals surface area (Å²) in [5, 5.41) is 13.4. The van der Waals surface area contributed by atoms with Gasteiger partial charge in [-0.3, -0.25) is 14.9 Å². The first-order valence-corrected chi connectivity index (χ1v) is 7.37. The molecule has 0 heterocycles. The summed E-state index contributed by atoms with van der Waals surface area (Å²) in [6.07, 6.45) is 0. The highest BCUT2D eigenvalue weighted by molar-refractivity contribution is 5.96. The molecule has 0 bridgehead atoms. The van der Waals surface area contributed by atoms with Crippen molar-refractivity contribution in [2.24, 2.45) is 0 Å². The van der Waals surface area contributed by atoms with Crippen molar-refractivity contribution in [3.63, 3.8) is 0 Å². The van der Waals surface area contributed by atoms with Gasteiger partial charge in [-0.25, -0.2) is 9.18 Å². The van der Waals surface area contributed by atoms with E-state index in [1.165, 1.54) is 37.4 Å². The van der Waals surface area contributed by atoms with Gasteiger partial charge in [-0.1, -0.05) is 6.07 Å². The van der Waals surface area contributed by atoms with E-state index in [-0.39, 0.29) is 22.7 Å². The molecule has 0 aliphatic carbocycles. The minimum absolute atomic E-state index is 0.0207. The van der Waals surface area contributed by atoms with E-state index in [1.807, 2.05) is 0 Å². The van der Waals surface area contributed by atoms with Crippen LogP contribution >= 0.6 is 0 Å². The van der Waals surface area contributed by atoms with Crippen LogP contribution in [-0.4, -0.2) is 30.5 Å². The smallest absolute Gasteiger partial charge is 0.338 e. The van der Waals surface area contributed by atoms with Gasteiger partial charge in [-0.2, -0.15) is 0 Å². The molecule has 1 N–H and O–H groups in total. The Balaban J connectivity index is 2.03. The summed E-state index contributed by atoms with van der Waals surface area (Å²) in [5.74, 6) is -2.13. The van der Waals surface area contributed by atoms with Gasteiger partial charge in [0.15, 0.2) is 12.4 Å². The Labute approximate surface area is 147 Å². The van der Waals surface area contributed by atoms with Gasteiger partial charge in [0.2, 0.25) is 0 Å². The molecule has 8 nitrogen and oxygen atoms in total. The normalized spacial score (nSPS) is 10.1. The predicted molar refractivity (Wildman–Crippen MR) is 89.7 cm³/mol. The van der Waals surface area contributed by atoms with Gasteiger partial charge in [0.25, 0.3) is 5.91 Å². The molecule has 2 aromatic carbocycles. The van der Waals surface area contributed by atoms with Crippen LogP contribution in [0.2, 0.25) is 0 Å². The maximum absolute atomic E-state index is 13.1. The SMILES string of the molecule is COc1cc(NC(=O)COC(=O)c2cccc(F)c2)c(C)cc1[N+](=O)[O-]. The number of amides is 1. The second-order valence-corrected chi connectivity index (χ2v) is 5.23. The molecule has 0 spiro atoms. The summed E-state index contributed by atoms with van der Waals surface area (Å²) in [5.41, 5.74) is 0.452. The third kappa shape index (κ3) is 4.53. The average Bonchev–Trinajstić information content (AvgIpc) is 2.60. The van der Waals surface area contributed by atoms with Gasteiger partial charge in [-0.05, 0) is 30.7 Å². The van der Waals surface area contributed by atoms with Crippen molar-refractivity contribution in [2.45, 2.75) is 6.92 Å². The van der Waals surface area contributed by atoms with Crippen molar-refractivity contribution >= 4 is 23.3 Å². The quantitative estimate of drug-likeness (QED) is 0.481. The van der Waals surface area contributed by atoms with Crippen LogP contribution in [0.5, 0.6) is 5.75 Å². The highest BCUT2D eigenvalue weighted by atomic mass is 19.1. The topological polar surface area (TPSA) is 108 Å². The molecule has 0 unspecified atom stereocenters. The number of aryl methyl sites for hydroxylation is 1. The second-order valence-electron chi connectivity index (χ2n) is 5.23. The Morgan fingerprint density at radius 1 is 1.27 bits per heavy atom. The molecule has 0 fully saturated rings. The summed E-state index contributed by atoms with van der Waals surface area (Å²) < 4.78 is 22.8. The number of carbonyl (C=O) groups is 2. The summed E-state index contributed by atoms with van der Waals surface area (Å²) >= 11 is 0. The number of nitrogens with zero attached hydrogens (tertiary/aromatic N) is 1. The van der Waals surface area contributed by atoms with Crippen molar-refractivity contribution < 1.29 is 28.4 Å². The van der Waals surface area contributed by atoms with Gasteiger partial charge in [-0.15, -0.1) is 0 Å². The molecular formula is C17H15FN2O6. The molecule has 9 heteroatoms. The van der Waals surface area contributed by atoms with E-state index in [2.05, 4.69) is 5.32 Å². The fourth-order valence-electron chi connectivity index (χ4n) is 2.13. The Morgan fingerprint density at radius 2 is 2.00 bits per heavy atom. The van der Waals surface area contributed by atoms with Crippen LogP contribution in [0.4, 0.5) is 15.8 Å². The zero-order chi connectivity index (χ0) is 19.3. The van der Waals surface area contributed by atoms with Crippen LogP contribution in [0.15, 0.2) is 36.4 Å². The van der Waals surface area contributed by atoms with Gasteiger partial charge in [0, 0.05) is 17.8 Å². The lowest BCUT2D eigenvalue weighted by atomic mass is 10.1. The van der Waals surface area contributed by atoms with Crippen LogP contribution in [0, 0.1) is 22.9 Å². The van der Waals surface area contributed by atoms with E-state index >= 15 is 0 Å². The molecule has 1 amide bonds. The predicted octanol–water partition coefficient (Wildman–Crippen LogP) is 2.85. The Kier molecular flexibility index (Phi) is 5.84. The number of anilines is 1. The van der Waals surface area contributed by atoms with Crippen LogP contribution in [0.25, 0.3) is 0 Å². The van der Waals surface area contributed by atoms with Crippen LogP contribution in [-0.2, 0) is 9.53 Å². The molecule has 26 heavy (non-hydrogen) atoms.